The van der Waals surface area contributed by atoms with Crippen LogP contribution >= 0.6 is 28.6 Å². The molecular weight excluding hydrogens is 238 g/mol. The minimum Gasteiger partial charge on any atom is -0.481 e. The third-order valence-electron chi connectivity index (χ3n) is 1.29. The third kappa shape index (κ3) is 2.25. The first kappa shape index (κ1) is 9.61. The predicted molar refractivity (Wildman–Crippen MR) is 56.5 cm³/mol. The van der Waals surface area contributed by atoms with Crippen molar-refractivity contribution in [2.24, 2.45) is 0 Å². The van der Waals surface area contributed by atoms with Crippen molar-refractivity contribution < 1.29 is 4.74 Å². The highest BCUT2D eigenvalue weighted by atomic mass is 79.9. The van der Waals surface area contributed by atoms with E-state index in [1.807, 2.05) is 12.1 Å². The van der Waals surface area contributed by atoms with Crippen molar-refractivity contribution in [1.29, 1.82) is 0 Å². The van der Waals surface area contributed by atoms with Crippen LogP contribution in [0.4, 0.5) is 0 Å². The van der Waals surface area contributed by atoms with Crippen LogP contribution in [0.15, 0.2) is 22.1 Å². The van der Waals surface area contributed by atoms with E-state index in [0.717, 1.165) is 10.0 Å². The largest absolute Gasteiger partial charge is 0.481 e. The number of nitrogens with zero attached hydrogens (tertiary/aromatic N) is 1. The van der Waals surface area contributed by atoms with E-state index in [0.29, 0.717) is 5.88 Å². The standard InChI is InChI=1S/C8H8BrNOS/c1-11-8-6(2-3-12)4-7(9)5-10-8/h2-5,12H,1H3/b3-2+. The average Bonchev–Trinajstić information content (AvgIpc) is 2.05. The van der Waals surface area contributed by atoms with E-state index >= 15 is 0 Å². The van der Waals surface area contributed by atoms with Crippen LogP contribution in [0.25, 0.3) is 6.08 Å². The van der Waals surface area contributed by atoms with Crippen molar-refractivity contribution in [3.8, 4) is 5.88 Å². The van der Waals surface area contributed by atoms with Gasteiger partial charge in [0.1, 0.15) is 0 Å². The van der Waals surface area contributed by atoms with Gasteiger partial charge < -0.3 is 4.74 Å². The second kappa shape index (κ2) is 4.52. The Labute approximate surface area is 85.2 Å². The number of ether oxygens (including phenoxy) is 1. The van der Waals surface area contributed by atoms with E-state index in [2.05, 4.69) is 33.5 Å². The third-order valence-corrected chi connectivity index (χ3v) is 1.88. The smallest absolute Gasteiger partial charge is 0.220 e. The number of aromatic nitrogens is 1. The molecule has 0 saturated heterocycles. The molecule has 1 heterocycles. The first-order chi connectivity index (χ1) is 5.77. The predicted octanol–water partition coefficient (Wildman–Crippen LogP) is 2.75. The second-order valence-electron chi connectivity index (χ2n) is 2.07. The molecule has 2 nitrogen and oxygen atoms in total. The van der Waals surface area contributed by atoms with Gasteiger partial charge in [-0.15, -0.1) is 0 Å². The first-order valence-electron chi connectivity index (χ1n) is 3.28. The SMILES string of the molecule is COc1ncc(Br)cc1/C=C/S. The summed E-state index contributed by atoms with van der Waals surface area (Å²) in [5.74, 6) is 0.600. The van der Waals surface area contributed by atoms with Crippen molar-refractivity contribution >= 4 is 34.6 Å². The van der Waals surface area contributed by atoms with Crippen LogP contribution in [0.2, 0.25) is 0 Å². The van der Waals surface area contributed by atoms with Crippen molar-refractivity contribution in [1.82, 2.24) is 4.98 Å². The van der Waals surface area contributed by atoms with E-state index in [9.17, 15) is 0 Å². The molecule has 0 aliphatic heterocycles. The Bertz CT molecular complexity index is 301. The van der Waals surface area contributed by atoms with Crippen LogP contribution in [0.1, 0.15) is 5.56 Å². The molecule has 64 valence electrons. The van der Waals surface area contributed by atoms with Gasteiger partial charge in [0, 0.05) is 16.2 Å². The second-order valence-corrected chi connectivity index (χ2v) is 3.28. The summed E-state index contributed by atoms with van der Waals surface area (Å²) < 4.78 is 5.96. The van der Waals surface area contributed by atoms with Crippen LogP contribution in [0.3, 0.4) is 0 Å². The lowest BCUT2D eigenvalue weighted by Crippen LogP contribution is -1.90. The summed E-state index contributed by atoms with van der Waals surface area (Å²) in [6.45, 7) is 0. The lowest BCUT2D eigenvalue weighted by Gasteiger charge is -2.02. The van der Waals surface area contributed by atoms with E-state index in [-0.39, 0.29) is 0 Å². The number of halogens is 1. The fourth-order valence-corrected chi connectivity index (χ4v) is 1.32. The number of hydrogen-bond donors (Lipinski definition) is 1. The van der Waals surface area contributed by atoms with Gasteiger partial charge >= 0.3 is 0 Å². The van der Waals surface area contributed by atoms with Crippen molar-refractivity contribution in [2.45, 2.75) is 0 Å². The lowest BCUT2D eigenvalue weighted by atomic mass is 10.3. The fraction of sp³-hybridized carbons (Fsp3) is 0.125. The Kier molecular flexibility index (Phi) is 3.62. The molecule has 0 spiro atoms. The van der Waals surface area contributed by atoms with E-state index in [1.165, 1.54) is 0 Å². The molecule has 4 heteroatoms. The summed E-state index contributed by atoms with van der Waals surface area (Å²) in [5.41, 5.74) is 0.905. The van der Waals surface area contributed by atoms with Gasteiger partial charge in [-0.3, -0.25) is 0 Å². The monoisotopic (exact) mass is 245 g/mol. The maximum atomic E-state index is 5.04. The van der Waals surface area contributed by atoms with Gasteiger partial charge in [-0.2, -0.15) is 12.6 Å². The minimum absolute atomic E-state index is 0.600. The molecule has 1 aromatic heterocycles. The molecule has 1 aromatic rings. The number of pyridine rings is 1. The molecular formula is C8H8BrNOS. The van der Waals surface area contributed by atoms with E-state index < -0.39 is 0 Å². The van der Waals surface area contributed by atoms with Gasteiger partial charge in [0.15, 0.2) is 0 Å². The quantitative estimate of drug-likeness (QED) is 0.810. The Balaban J connectivity index is 3.12. The van der Waals surface area contributed by atoms with Crippen molar-refractivity contribution in [3.05, 3.63) is 27.7 Å². The number of thiol groups is 1. The fourth-order valence-electron chi connectivity index (χ4n) is 0.813. The summed E-state index contributed by atoms with van der Waals surface area (Å²) in [4.78, 5) is 4.06. The van der Waals surface area contributed by atoms with Crippen LogP contribution in [-0.2, 0) is 0 Å². The van der Waals surface area contributed by atoms with Gasteiger partial charge in [0.2, 0.25) is 5.88 Å². The Morgan fingerprint density at radius 1 is 1.67 bits per heavy atom. The van der Waals surface area contributed by atoms with Crippen LogP contribution in [-0.4, -0.2) is 12.1 Å². The topological polar surface area (TPSA) is 22.1 Å². The summed E-state index contributed by atoms with van der Waals surface area (Å²) in [6.07, 6.45) is 3.51. The maximum absolute atomic E-state index is 5.04. The molecule has 0 atom stereocenters. The molecule has 0 amide bonds. The number of hydrogen-bond acceptors (Lipinski definition) is 3. The summed E-state index contributed by atoms with van der Waals surface area (Å²) in [6, 6.07) is 1.92. The van der Waals surface area contributed by atoms with Gasteiger partial charge in [0.25, 0.3) is 0 Å². The maximum Gasteiger partial charge on any atom is 0.220 e. The number of rotatable bonds is 2. The van der Waals surface area contributed by atoms with E-state index in [1.54, 1.807) is 18.7 Å². The van der Waals surface area contributed by atoms with Gasteiger partial charge in [-0.25, -0.2) is 4.98 Å². The molecule has 1 rings (SSSR count). The Morgan fingerprint density at radius 3 is 3.00 bits per heavy atom. The summed E-state index contributed by atoms with van der Waals surface area (Å²) in [7, 11) is 1.59. The van der Waals surface area contributed by atoms with Gasteiger partial charge in [-0.05, 0) is 33.5 Å². The summed E-state index contributed by atoms with van der Waals surface area (Å²) >= 11 is 7.29. The highest BCUT2D eigenvalue weighted by Crippen LogP contribution is 2.20. The zero-order chi connectivity index (χ0) is 8.97. The van der Waals surface area contributed by atoms with Crippen LogP contribution in [0, 0.1) is 0 Å². The van der Waals surface area contributed by atoms with Crippen molar-refractivity contribution in [3.63, 3.8) is 0 Å². The zero-order valence-corrected chi connectivity index (χ0v) is 8.97. The zero-order valence-electron chi connectivity index (χ0n) is 6.49. The molecule has 0 bridgehead atoms. The molecule has 0 radical (unpaired) electrons. The molecule has 0 fully saturated rings. The Morgan fingerprint density at radius 2 is 2.42 bits per heavy atom. The summed E-state index contributed by atoms with van der Waals surface area (Å²) in [5, 5.41) is 1.64. The minimum atomic E-state index is 0.600. The molecule has 0 aliphatic rings. The first-order valence-corrected chi connectivity index (χ1v) is 4.59. The molecule has 0 saturated carbocycles. The highest BCUT2D eigenvalue weighted by molar-refractivity contribution is 9.10. The molecule has 0 unspecified atom stereocenters. The van der Waals surface area contributed by atoms with Gasteiger partial charge in [-0.1, -0.05) is 0 Å². The normalized spacial score (nSPS) is 10.6. The van der Waals surface area contributed by atoms with E-state index in [4.69, 9.17) is 4.74 Å². The lowest BCUT2D eigenvalue weighted by molar-refractivity contribution is 0.396. The number of methoxy groups -OCH3 is 1. The van der Waals surface area contributed by atoms with Crippen LogP contribution in [0.5, 0.6) is 5.88 Å². The molecule has 0 N–H and O–H groups in total. The Hall–Kier alpha value is -0.480. The molecule has 0 aromatic carbocycles. The molecule has 0 aliphatic carbocycles. The molecule has 12 heavy (non-hydrogen) atoms. The van der Waals surface area contributed by atoms with Gasteiger partial charge in [0.05, 0.1) is 7.11 Å². The highest BCUT2D eigenvalue weighted by Gasteiger charge is 2.00. The average molecular weight is 246 g/mol. The van der Waals surface area contributed by atoms with Crippen molar-refractivity contribution in [2.75, 3.05) is 7.11 Å². The van der Waals surface area contributed by atoms with Crippen LogP contribution < -0.4 is 4.74 Å².